The normalized spacial score (nSPS) is 19.5. The zero-order valence-electron chi connectivity index (χ0n) is 11.7. The van der Waals surface area contributed by atoms with E-state index in [0.717, 1.165) is 31.4 Å². The standard InChI is InChI=1S/C15H14ClF3N2O/c1-2-9-11(15(17,18)19)7-12-10(14(9)16)8-20-21(12)13-5-3-4-6-22-13/h2,7-8,13H,1,3-6H2. The molecular formula is C15H14ClF3N2O. The highest BCUT2D eigenvalue weighted by molar-refractivity contribution is 6.37. The fraction of sp³-hybridized carbons (Fsp3) is 0.400. The summed E-state index contributed by atoms with van der Waals surface area (Å²) in [6.45, 7) is 4.01. The Morgan fingerprint density at radius 3 is 2.77 bits per heavy atom. The van der Waals surface area contributed by atoms with E-state index in [9.17, 15) is 13.2 Å². The Kier molecular flexibility index (Phi) is 3.91. The smallest absolute Gasteiger partial charge is 0.356 e. The molecule has 1 fully saturated rings. The number of hydrogen-bond acceptors (Lipinski definition) is 2. The molecule has 3 nitrogen and oxygen atoms in total. The van der Waals surface area contributed by atoms with E-state index in [-0.39, 0.29) is 16.8 Å². The molecule has 0 radical (unpaired) electrons. The van der Waals surface area contributed by atoms with Crippen LogP contribution in [-0.4, -0.2) is 16.4 Å². The molecule has 0 saturated carbocycles. The summed E-state index contributed by atoms with van der Waals surface area (Å²) < 4.78 is 46.9. The molecule has 3 rings (SSSR count). The minimum absolute atomic E-state index is 0.0156. The quantitative estimate of drug-likeness (QED) is 0.770. The summed E-state index contributed by atoms with van der Waals surface area (Å²) in [5.74, 6) is 0. The van der Waals surface area contributed by atoms with Gasteiger partial charge in [0.1, 0.15) is 0 Å². The van der Waals surface area contributed by atoms with Crippen molar-refractivity contribution in [2.75, 3.05) is 6.61 Å². The molecule has 2 heterocycles. The van der Waals surface area contributed by atoms with Gasteiger partial charge in [0.25, 0.3) is 0 Å². The average Bonchev–Trinajstić information content (AvgIpc) is 2.91. The molecule has 0 spiro atoms. The maximum Gasteiger partial charge on any atom is 0.417 e. The predicted octanol–water partition coefficient (Wildman–Crippen LogP) is 5.05. The molecule has 0 bridgehead atoms. The van der Waals surface area contributed by atoms with Crippen LogP contribution in [0.4, 0.5) is 13.2 Å². The van der Waals surface area contributed by atoms with Gasteiger partial charge in [-0.25, -0.2) is 4.68 Å². The van der Waals surface area contributed by atoms with Gasteiger partial charge in [-0.05, 0) is 25.3 Å². The van der Waals surface area contributed by atoms with E-state index in [1.54, 1.807) is 0 Å². The van der Waals surface area contributed by atoms with Gasteiger partial charge >= 0.3 is 6.18 Å². The Morgan fingerprint density at radius 2 is 2.18 bits per heavy atom. The van der Waals surface area contributed by atoms with Gasteiger partial charge in [-0.3, -0.25) is 0 Å². The van der Waals surface area contributed by atoms with Crippen LogP contribution in [0, 0.1) is 0 Å². The summed E-state index contributed by atoms with van der Waals surface area (Å²) in [5, 5.41) is 4.67. The fourth-order valence-electron chi connectivity index (χ4n) is 2.74. The molecule has 1 saturated heterocycles. The Balaban J connectivity index is 2.22. The molecule has 1 aromatic carbocycles. The summed E-state index contributed by atoms with van der Waals surface area (Å²) in [6.07, 6.45) is 0.365. The number of alkyl halides is 3. The number of rotatable bonds is 2. The predicted molar refractivity (Wildman–Crippen MR) is 78.7 cm³/mol. The summed E-state index contributed by atoms with van der Waals surface area (Å²) in [5.41, 5.74) is -0.599. The van der Waals surface area contributed by atoms with E-state index in [2.05, 4.69) is 11.7 Å². The topological polar surface area (TPSA) is 27.1 Å². The van der Waals surface area contributed by atoms with Crippen molar-refractivity contribution in [1.29, 1.82) is 0 Å². The largest absolute Gasteiger partial charge is 0.417 e. The second-order valence-electron chi connectivity index (χ2n) is 5.20. The van der Waals surface area contributed by atoms with Crippen LogP contribution in [0.3, 0.4) is 0 Å². The van der Waals surface area contributed by atoms with Crippen molar-refractivity contribution in [2.24, 2.45) is 0 Å². The third-order valence-electron chi connectivity index (χ3n) is 3.82. The van der Waals surface area contributed by atoms with Gasteiger partial charge in [0, 0.05) is 17.6 Å². The molecule has 22 heavy (non-hydrogen) atoms. The van der Waals surface area contributed by atoms with Crippen LogP contribution in [0.15, 0.2) is 18.8 Å². The zero-order chi connectivity index (χ0) is 15.9. The van der Waals surface area contributed by atoms with Crippen molar-refractivity contribution >= 4 is 28.6 Å². The van der Waals surface area contributed by atoms with Crippen LogP contribution >= 0.6 is 11.6 Å². The minimum atomic E-state index is -4.51. The first-order valence-corrected chi connectivity index (χ1v) is 7.32. The Labute approximate surface area is 130 Å². The van der Waals surface area contributed by atoms with E-state index in [1.165, 1.54) is 10.9 Å². The molecule has 7 heteroatoms. The summed E-state index contributed by atoms with van der Waals surface area (Å²) in [6, 6.07) is 1.07. The maximum absolute atomic E-state index is 13.3. The Morgan fingerprint density at radius 1 is 1.41 bits per heavy atom. The highest BCUT2D eigenvalue weighted by atomic mass is 35.5. The van der Waals surface area contributed by atoms with Crippen LogP contribution < -0.4 is 0 Å². The lowest BCUT2D eigenvalue weighted by Gasteiger charge is -2.24. The van der Waals surface area contributed by atoms with Crippen LogP contribution in [0.25, 0.3) is 17.0 Å². The summed E-state index contributed by atoms with van der Waals surface area (Å²) >= 11 is 6.14. The van der Waals surface area contributed by atoms with E-state index >= 15 is 0 Å². The van der Waals surface area contributed by atoms with Gasteiger partial charge in [-0.15, -0.1) is 0 Å². The van der Waals surface area contributed by atoms with Gasteiger partial charge in [-0.1, -0.05) is 24.3 Å². The van der Waals surface area contributed by atoms with E-state index in [0.29, 0.717) is 17.5 Å². The second kappa shape index (κ2) is 5.59. The lowest BCUT2D eigenvalue weighted by atomic mass is 10.0. The average molecular weight is 331 g/mol. The van der Waals surface area contributed by atoms with Crippen molar-refractivity contribution < 1.29 is 17.9 Å². The van der Waals surface area contributed by atoms with Gasteiger partial charge in [-0.2, -0.15) is 18.3 Å². The number of aromatic nitrogens is 2. The monoisotopic (exact) mass is 330 g/mol. The summed E-state index contributed by atoms with van der Waals surface area (Å²) in [7, 11) is 0. The maximum atomic E-state index is 13.3. The highest BCUT2D eigenvalue weighted by Crippen LogP contribution is 2.40. The highest BCUT2D eigenvalue weighted by Gasteiger charge is 2.35. The second-order valence-corrected chi connectivity index (χ2v) is 5.57. The van der Waals surface area contributed by atoms with Crippen molar-refractivity contribution in [3.63, 3.8) is 0 Å². The molecule has 0 aliphatic carbocycles. The first-order chi connectivity index (χ1) is 10.4. The third-order valence-corrected chi connectivity index (χ3v) is 4.22. The Hall–Kier alpha value is -1.53. The SMILES string of the molecule is C=Cc1c(C(F)(F)F)cc2c(cnn2C2CCCCO2)c1Cl. The van der Waals surface area contributed by atoms with Crippen molar-refractivity contribution in [2.45, 2.75) is 31.7 Å². The molecule has 1 aliphatic heterocycles. The van der Waals surface area contributed by atoms with Crippen LogP contribution in [0.5, 0.6) is 0 Å². The molecule has 1 aliphatic rings. The van der Waals surface area contributed by atoms with Gasteiger partial charge in [0.15, 0.2) is 6.23 Å². The molecule has 2 aromatic rings. The number of nitrogens with zero attached hydrogens (tertiary/aromatic N) is 2. The van der Waals surface area contributed by atoms with Gasteiger partial charge in [0.2, 0.25) is 0 Å². The number of hydrogen-bond donors (Lipinski definition) is 0. The van der Waals surface area contributed by atoms with Crippen LogP contribution in [0.1, 0.15) is 36.6 Å². The Bertz CT molecular complexity index is 718. The molecule has 0 N–H and O–H groups in total. The fourth-order valence-corrected chi connectivity index (χ4v) is 3.07. The molecule has 1 atom stereocenters. The molecular weight excluding hydrogens is 317 g/mol. The van der Waals surface area contributed by atoms with Crippen molar-refractivity contribution in [1.82, 2.24) is 9.78 Å². The first kappa shape index (κ1) is 15.4. The van der Waals surface area contributed by atoms with Crippen LogP contribution in [-0.2, 0) is 10.9 Å². The third kappa shape index (κ3) is 2.50. The lowest BCUT2D eigenvalue weighted by Crippen LogP contribution is -2.19. The molecule has 118 valence electrons. The molecule has 0 amide bonds. The summed E-state index contributed by atoms with van der Waals surface area (Å²) in [4.78, 5) is 0. The van der Waals surface area contributed by atoms with Crippen LogP contribution in [0.2, 0.25) is 5.02 Å². The van der Waals surface area contributed by atoms with Crippen molar-refractivity contribution in [3.8, 4) is 0 Å². The lowest BCUT2D eigenvalue weighted by molar-refractivity contribution is -0.137. The van der Waals surface area contributed by atoms with Gasteiger partial charge in [0.05, 0.1) is 22.3 Å². The number of benzene rings is 1. The number of halogens is 4. The first-order valence-electron chi connectivity index (χ1n) is 6.94. The number of ether oxygens (including phenoxy) is 1. The molecule has 1 unspecified atom stereocenters. The van der Waals surface area contributed by atoms with Gasteiger partial charge < -0.3 is 4.74 Å². The molecule has 1 aromatic heterocycles. The van der Waals surface area contributed by atoms with E-state index < -0.39 is 11.7 Å². The van der Waals surface area contributed by atoms with E-state index in [1.807, 2.05) is 0 Å². The number of fused-ring (bicyclic) bond motifs is 1. The zero-order valence-corrected chi connectivity index (χ0v) is 12.4. The van der Waals surface area contributed by atoms with E-state index in [4.69, 9.17) is 16.3 Å². The minimum Gasteiger partial charge on any atom is -0.356 e. The van der Waals surface area contributed by atoms with Crippen molar-refractivity contribution in [3.05, 3.63) is 35.0 Å².